The summed E-state index contributed by atoms with van der Waals surface area (Å²) in [4.78, 5) is 0. The molecule has 0 aliphatic carbocycles. The molecule has 0 fully saturated rings. The summed E-state index contributed by atoms with van der Waals surface area (Å²) in [7, 11) is 1.86. The fraction of sp³-hybridized carbons (Fsp3) is 0.500. The van der Waals surface area contributed by atoms with E-state index in [0.29, 0.717) is 5.56 Å². The van der Waals surface area contributed by atoms with Crippen LogP contribution in [0.15, 0.2) is 18.2 Å². The molecule has 0 saturated carbocycles. The highest BCUT2D eigenvalue weighted by atomic mass is 19.4. The van der Waals surface area contributed by atoms with Gasteiger partial charge in [-0.2, -0.15) is 13.2 Å². The standard InChI is InChI=1S/C12H16F3N/c1-9-8-11(12(13,14)15)6-5-10(9)4-3-7-16-2/h5-6,8,16H,3-4,7H2,1-2H3. The maximum atomic E-state index is 12.4. The first-order chi connectivity index (χ1) is 7.45. The average Bonchev–Trinajstić information content (AvgIpc) is 2.19. The van der Waals surface area contributed by atoms with Crippen LogP contribution in [0.5, 0.6) is 0 Å². The lowest BCUT2D eigenvalue weighted by atomic mass is 10.0. The van der Waals surface area contributed by atoms with Crippen LogP contribution in [-0.4, -0.2) is 13.6 Å². The molecule has 0 bridgehead atoms. The lowest BCUT2D eigenvalue weighted by Gasteiger charge is -2.10. The van der Waals surface area contributed by atoms with Gasteiger partial charge in [-0.15, -0.1) is 0 Å². The third kappa shape index (κ3) is 3.52. The van der Waals surface area contributed by atoms with E-state index in [1.54, 1.807) is 13.0 Å². The van der Waals surface area contributed by atoms with E-state index in [0.717, 1.165) is 31.0 Å². The van der Waals surface area contributed by atoms with E-state index in [1.807, 2.05) is 7.05 Å². The molecule has 1 aromatic carbocycles. The minimum atomic E-state index is -4.24. The van der Waals surface area contributed by atoms with E-state index in [9.17, 15) is 13.2 Å². The first-order valence-corrected chi connectivity index (χ1v) is 5.26. The van der Waals surface area contributed by atoms with Gasteiger partial charge in [-0.25, -0.2) is 0 Å². The van der Waals surface area contributed by atoms with Crippen LogP contribution in [0, 0.1) is 6.92 Å². The van der Waals surface area contributed by atoms with Crippen LogP contribution in [0.4, 0.5) is 13.2 Å². The first kappa shape index (κ1) is 13.0. The second-order valence-corrected chi connectivity index (χ2v) is 3.85. The van der Waals surface area contributed by atoms with Crippen LogP contribution in [0.1, 0.15) is 23.1 Å². The molecule has 0 amide bonds. The van der Waals surface area contributed by atoms with E-state index in [-0.39, 0.29) is 0 Å². The zero-order valence-electron chi connectivity index (χ0n) is 9.49. The normalized spacial score (nSPS) is 11.8. The van der Waals surface area contributed by atoms with Gasteiger partial charge in [0.05, 0.1) is 5.56 Å². The molecule has 1 rings (SSSR count). The van der Waals surface area contributed by atoms with Crippen LogP contribution in [-0.2, 0) is 12.6 Å². The quantitative estimate of drug-likeness (QED) is 0.785. The zero-order chi connectivity index (χ0) is 12.2. The van der Waals surface area contributed by atoms with Crippen molar-refractivity contribution in [2.24, 2.45) is 0 Å². The minimum Gasteiger partial charge on any atom is -0.320 e. The fourth-order valence-corrected chi connectivity index (χ4v) is 1.61. The van der Waals surface area contributed by atoms with Gasteiger partial charge in [0.2, 0.25) is 0 Å². The van der Waals surface area contributed by atoms with E-state index in [4.69, 9.17) is 0 Å². The first-order valence-electron chi connectivity index (χ1n) is 5.26. The number of nitrogens with one attached hydrogen (secondary N) is 1. The molecular formula is C12H16F3N. The molecule has 0 aliphatic heterocycles. The van der Waals surface area contributed by atoms with Gasteiger partial charge in [0.15, 0.2) is 0 Å². The van der Waals surface area contributed by atoms with Crippen molar-refractivity contribution in [2.75, 3.05) is 13.6 Å². The van der Waals surface area contributed by atoms with Gasteiger partial charge in [-0.1, -0.05) is 6.07 Å². The maximum Gasteiger partial charge on any atom is 0.416 e. The van der Waals surface area contributed by atoms with E-state index in [1.165, 1.54) is 6.07 Å². The van der Waals surface area contributed by atoms with Gasteiger partial charge in [0.1, 0.15) is 0 Å². The van der Waals surface area contributed by atoms with Crippen molar-refractivity contribution in [1.29, 1.82) is 0 Å². The molecule has 0 atom stereocenters. The number of hydrogen-bond acceptors (Lipinski definition) is 1. The Bertz CT molecular complexity index is 345. The molecule has 0 aromatic heterocycles. The number of rotatable bonds is 4. The minimum absolute atomic E-state index is 0.567. The summed E-state index contributed by atoms with van der Waals surface area (Å²) in [5.41, 5.74) is 1.14. The van der Waals surface area contributed by atoms with E-state index >= 15 is 0 Å². The molecule has 90 valence electrons. The van der Waals surface area contributed by atoms with Gasteiger partial charge < -0.3 is 5.32 Å². The summed E-state index contributed by atoms with van der Waals surface area (Å²) in [5.74, 6) is 0. The van der Waals surface area contributed by atoms with Crippen molar-refractivity contribution in [1.82, 2.24) is 5.32 Å². The van der Waals surface area contributed by atoms with E-state index < -0.39 is 11.7 Å². The number of alkyl halides is 3. The summed E-state index contributed by atoms with van der Waals surface area (Å²) in [6.07, 6.45) is -2.50. The van der Waals surface area contributed by atoms with Gasteiger partial charge >= 0.3 is 6.18 Å². The highest BCUT2D eigenvalue weighted by Gasteiger charge is 2.30. The van der Waals surface area contributed by atoms with Crippen molar-refractivity contribution in [3.63, 3.8) is 0 Å². The molecule has 4 heteroatoms. The summed E-state index contributed by atoms with van der Waals surface area (Å²) in [6, 6.07) is 3.95. The van der Waals surface area contributed by atoms with Gasteiger partial charge in [0.25, 0.3) is 0 Å². The zero-order valence-corrected chi connectivity index (χ0v) is 9.49. The third-order valence-corrected chi connectivity index (χ3v) is 2.54. The smallest absolute Gasteiger partial charge is 0.320 e. The van der Waals surface area contributed by atoms with Gasteiger partial charge in [-0.3, -0.25) is 0 Å². The monoisotopic (exact) mass is 231 g/mol. The molecule has 0 heterocycles. The number of benzene rings is 1. The van der Waals surface area contributed by atoms with Crippen LogP contribution in [0.25, 0.3) is 0 Å². The Kier molecular flexibility index (Phi) is 4.35. The molecule has 16 heavy (non-hydrogen) atoms. The molecular weight excluding hydrogens is 215 g/mol. The molecule has 1 N–H and O–H groups in total. The molecule has 0 spiro atoms. The largest absolute Gasteiger partial charge is 0.416 e. The van der Waals surface area contributed by atoms with E-state index in [2.05, 4.69) is 5.32 Å². The summed E-state index contributed by atoms with van der Waals surface area (Å²) < 4.78 is 37.2. The number of halogens is 3. The molecule has 1 aromatic rings. The molecule has 0 saturated heterocycles. The van der Waals surface area contributed by atoms with Crippen LogP contribution in [0.3, 0.4) is 0 Å². The third-order valence-electron chi connectivity index (χ3n) is 2.54. The molecule has 0 unspecified atom stereocenters. The summed E-state index contributed by atoms with van der Waals surface area (Å²) in [5, 5.41) is 3.01. The van der Waals surface area contributed by atoms with Gasteiger partial charge in [-0.05, 0) is 56.6 Å². The van der Waals surface area contributed by atoms with Crippen molar-refractivity contribution >= 4 is 0 Å². The summed E-state index contributed by atoms with van der Waals surface area (Å²) >= 11 is 0. The average molecular weight is 231 g/mol. The van der Waals surface area contributed by atoms with Crippen molar-refractivity contribution in [3.8, 4) is 0 Å². The Morgan fingerprint density at radius 1 is 1.25 bits per heavy atom. The van der Waals surface area contributed by atoms with Crippen LogP contribution in [0.2, 0.25) is 0 Å². The second-order valence-electron chi connectivity index (χ2n) is 3.85. The predicted molar refractivity (Wildman–Crippen MR) is 58.4 cm³/mol. The molecule has 1 nitrogen and oxygen atoms in total. The lowest BCUT2D eigenvalue weighted by Crippen LogP contribution is -2.09. The Labute approximate surface area is 93.7 Å². The van der Waals surface area contributed by atoms with Crippen LogP contribution < -0.4 is 5.32 Å². The predicted octanol–water partition coefficient (Wildman–Crippen LogP) is 3.17. The molecule has 0 aliphatic rings. The highest BCUT2D eigenvalue weighted by molar-refractivity contribution is 5.32. The Balaban J connectivity index is 2.76. The summed E-state index contributed by atoms with van der Waals surface area (Å²) in [6.45, 7) is 2.60. The Morgan fingerprint density at radius 2 is 1.94 bits per heavy atom. The Hall–Kier alpha value is -1.03. The Morgan fingerprint density at radius 3 is 2.44 bits per heavy atom. The van der Waals surface area contributed by atoms with Crippen molar-refractivity contribution in [2.45, 2.75) is 25.9 Å². The van der Waals surface area contributed by atoms with Crippen molar-refractivity contribution < 1.29 is 13.2 Å². The lowest BCUT2D eigenvalue weighted by molar-refractivity contribution is -0.137. The topological polar surface area (TPSA) is 12.0 Å². The number of hydrogen-bond donors (Lipinski definition) is 1. The second kappa shape index (κ2) is 5.34. The van der Waals surface area contributed by atoms with Gasteiger partial charge in [0, 0.05) is 0 Å². The van der Waals surface area contributed by atoms with Crippen LogP contribution >= 0.6 is 0 Å². The van der Waals surface area contributed by atoms with Crippen molar-refractivity contribution in [3.05, 3.63) is 34.9 Å². The number of aryl methyl sites for hydroxylation is 2. The molecule has 0 radical (unpaired) electrons. The maximum absolute atomic E-state index is 12.4. The highest BCUT2D eigenvalue weighted by Crippen LogP contribution is 2.30. The SMILES string of the molecule is CNCCCc1ccc(C(F)(F)F)cc1C. The fourth-order valence-electron chi connectivity index (χ4n) is 1.61.